The number of rotatable bonds is 6. The molecule has 2 aromatic heterocycles. The van der Waals surface area contributed by atoms with Gasteiger partial charge in [0.15, 0.2) is 11.4 Å². The van der Waals surface area contributed by atoms with E-state index < -0.39 is 0 Å². The molecule has 1 unspecified atom stereocenters. The van der Waals surface area contributed by atoms with Gasteiger partial charge in [-0.3, -0.25) is 9.59 Å². The lowest BCUT2D eigenvalue weighted by molar-refractivity contribution is -0.115. The van der Waals surface area contributed by atoms with Gasteiger partial charge in [-0.15, -0.1) is 0 Å². The standard InChI is InChI=1S/C27H24N6O3/c1-3-20(34)10-16-9-18(13-21(35)11-16)25-24-26(28)29-15-30-27(24)33(31-25)19-12-17-7-5-6-8-22(17)32(14-19)23(36)4-2/h3-9,11,13,15,19,35H,1-2,10,12,14H2,(H2,28,29,30). The van der Waals surface area contributed by atoms with E-state index in [4.69, 9.17) is 10.8 Å². The van der Waals surface area contributed by atoms with Crippen molar-refractivity contribution < 1.29 is 14.7 Å². The summed E-state index contributed by atoms with van der Waals surface area (Å²) in [5.74, 6) is -0.143. The van der Waals surface area contributed by atoms with Crippen molar-refractivity contribution in [3.05, 3.63) is 85.2 Å². The number of anilines is 2. The Bertz CT molecular complexity index is 1540. The van der Waals surface area contributed by atoms with Crippen molar-refractivity contribution in [1.29, 1.82) is 0 Å². The molecule has 0 fully saturated rings. The monoisotopic (exact) mass is 480 g/mol. The van der Waals surface area contributed by atoms with Crippen LogP contribution in [0.15, 0.2) is 74.1 Å². The summed E-state index contributed by atoms with van der Waals surface area (Å²) in [5, 5.41) is 15.8. The number of nitrogens with two attached hydrogens (primary N) is 1. The lowest BCUT2D eigenvalue weighted by atomic mass is 9.97. The van der Waals surface area contributed by atoms with Crippen LogP contribution in [0, 0.1) is 0 Å². The zero-order chi connectivity index (χ0) is 25.4. The first-order valence-electron chi connectivity index (χ1n) is 11.4. The molecule has 0 saturated carbocycles. The number of phenolic OH excluding ortho intramolecular Hbond substituents is 1. The second kappa shape index (κ2) is 9.10. The Labute approximate surface area is 207 Å². The Balaban J connectivity index is 1.66. The van der Waals surface area contributed by atoms with Crippen molar-refractivity contribution in [2.24, 2.45) is 0 Å². The smallest absolute Gasteiger partial charge is 0.250 e. The largest absolute Gasteiger partial charge is 0.508 e. The highest BCUT2D eigenvalue weighted by molar-refractivity contribution is 6.02. The lowest BCUT2D eigenvalue weighted by Crippen LogP contribution is -2.40. The Kier molecular flexibility index (Phi) is 5.81. The molecule has 1 amide bonds. The summed E-state index contributed by atoms with van der Waals surface area (Å²) >= 11 is 0. The topological polar surface area (TPSA) is 127 Å². The molecule has 1 aliphatic heterocycles. The molecule has 4 aromatic rings. The summed E-state index contributed by atoms with van der Waals surface area (Å²) < 4.78 is 1.76. The van der Waals surface area contributed by atoms with Gasteiger partial charge in [-0.1, -0.05) is 31.4 Å². The predicted octanol–water partition coefficient (Wildman–Crippen LogP) is 3.40. The number of para-hydroxylation sites is 1. The molecule has 0 saturated heterocycles. The number of ketones is 1. The third-order valence-electron chi connectivity index (χ3n) is 6.29. The number of hydrogen-bond acceptors (Lipinski definition) is 7. The number of phenols is 1. The second-order valence-corrected chi connectivity index (χ2v) is 8.63. The van der Waals surface area contributed by atoms with Gasteiger partial charge in [-0.2, -0.15) is 5.10 Å². The summed E-state index contributed by atoms with van der Waals surface area (Å²) in [6.45, 7) is 7.53. The third-order valence-corrected chi connectivity index (χ3v) is 6.29. The maximum Gasteiger partial charge on any atom is 0.250 e. The quantitative estimate of drug-likeness (QED) is 0.405. The van der Waals surface area contributed by atoms with Gasteiger partial charge in [-0.05, 0) is 54.0 Å². The minimum absolute atomic E-state index is 0.00756. The van der Waals surface area contributed by atoms with E-state index in [9.17, 15) is 14.7 Å². The van der Waals surface area contributed by atoms with E-state index in [-0.39, 0.29) is 35.7 Å². The van der Waals surface area contributed by atoms with E-state index in [0.717, 1.165) is 11.3 Å². The van der Waals surface area contributed by atoms with Crippen molar-refractivity contribution in [1.82, 2.24) is 19.7 Å². The predicted molar refractivity (Wildman–Crippen MR) is 137 cm³/mol. The molecule has 0 bridgehead atoms. The lowest BCUT2D eigenvalue weighted by Gasteiger charge is -2.34. The summed E-state index contributed by atoms with van der Waals surface area (Å²) in [4.78, 5) is 34.9. The Hall–Kier alpha value is -4.79. The van der Waals surface area contributed by atoms with Crippen LogP contribution >= 0.6 is 0 Å². The van der Waals surface area contributed by atoms with Crippen molar-refractivity contribution in [3.63, 3.8) is 0 Å². The molecular formula is C27H24N6O3. The first kappa shape index (κ1) is 23.0. The SMILES string of the molecule is C=CC(=O)Cc1cc(O)cc(-c2nn(C3Cc4ccccc4N(C(=O)C=C)C3)c3ncnc(N)c23)c1. The van der Waals surface area contributed by atoms with Crippen molar-refractivity contribution in [2.45, 2.75) is 18.9 Å². The molecule has 9 nitrogen and oxygen atoms in total. The van der Waals surface area contributed by atoms with E-state index in [1.165, 1.54) is 24.5 Å². The number of benzene rings is 2. The second-order valence-electron chi connectivity index (χ2n) is 8.63. The van der Waals surface area contributed by atoms with E-state index >= 15 is 0 Å². The number of carbonyl (C=O) groups is 2. The number of carbonyl (C=O) groups excluding carboxylic acids is 2. The van der Waals surface area contributed by atoms with Crippen LogP contribution in [0.2, 0.25) is 0 Å². The van der Waals surface area contributed by atoms with Crippen LogP contribution in [0.3, 0.4) is 0 Å². The minimum Gasteiger partial charge on any atom is -0.508 e. The zero-order valence-corrected chi connectivity index (χ0v) is 19.5. The number of nitrogens with zero attached hydrogens (tertiary/aromatic N) is 5. The first-order valence-corrected chi connectivity index (χ1v) is 11.4. The van der Waals surface area contributed by atoms with Crippen LogP contribution in [0.5, 0.6) is 5.75 Å². The van der Waals surface area contributed by atoms with Gasteiger partial charge < -0.3 is 15.7 Å². The molecule has 1 atom stereocenters. The third kappa shape index (κ3) is 4.00. The van der Waals surface area contributed by atoms with Gasteiger partial charge in [-0.25, -0.2) is 14.6 Å². The van der Waals surface area contributed by atoms with Gasteiger partial charge in [0.05, 0.1) is 11.4 Å². The fraction of sp³-hybridized carbons (Fsp3) is 0.148. The number of hydrogen-bond donors (Lipinski definition) is 2. The zero-order valence-electron chi connectivity index (χ0n) is 19.5. The molecule has 36 heavy (non-hydrogen) atoms. The molecule has 3 N–H and O–H groups in total. The average molecular weight is 481 g/mol. The normalized spacial score (nSPS) is 14.9. The van der Waals surface area contributed by atoms with Gasteiger partial charge in [0, 0.05) is 24.2 Å². The van der Waals surface area contributed by atoms with Crippen molar-refractivity contribution in [2.75, 3.05) is 17.2 Å². The summed E-state index contributed by atoms with van der Waals surface area (Å²) in [6, 6.07) is 12.4. The van der Waals surface area contributed by atoms with E-state index in [1.54, 1.807) is 21.7 Å². The molecule has 0 radical (unpaired) electrons. The average Bonchev–Trinajstić information content (AvgIpc) is 3.28. The molecule has 5 rings (SSSR count). The van der Waals surface area contributed by atoms with Gasteiger partial charge in [0.2, 0.25) is 5.91 Å². The van der Waals surface area contributed by atoms with Crippen LogP contribution in [0.25, 0.3) is 22.3 Å². The number of aromatic nitrogens is 4. The van der Waals surface area contributed by atoms with Crippen molar-refractivity contribution >= 4 is 34.2 Å². The molecule has 2 aromatic carbocycles. The van der Waals surface area contributed by atoms with E-state index in [2.05, 4.69) is 23.1 Å². The summed E-state index contributed by atoms with van der Waals surface area (Å²) in [5.41, 5.74) is 10.3. The number of amides is 1. The molecule has 0 aliphatic carbocycles. The minimum atomic E-state index is -0.242. The van der Waals surface area contributed by atoms with Crippen LogP contribution in [-0.4, -0.2) is 43.1 Å². The van der Waals surface area contributed by atoms with Crippen LogP contribution in [-0.2, 0) is 22.4 Å². The van der Waals surface area contributed by atoms with Gasteiger partial charge >= 0.3 is 0 Å². The molecular weight excluding hydrogens is 456 g/mol. The highest BCUT2D eigenvalue weighted by Gasteiger charge is 2.31. The van der Waals surface area contributed by atoms with Crippen LogP contribution in [0.1, 0.15) is 17.2 Å². The Morgan fingerprint density at radius 3 is 2.72 bits per heavy atom. The number of nitrogen functional groups attached to an aromatic ring is 1. The Morgan fingerprint density at radius 1 is 1.14 bits per heavy atom. The Morgan fingerprint density at radius 2 is 1.94 bits per heavy atom. The first-order chi connectivity index (χ1) is 17.4. The molecule has 9 heteroatoms. The maximum atomic E-state index is 12.7. The summed E-state index contributed by atoms with van der Waals surface area (Å²) in [6.07, 6.45) is 4.63. The molecule has 3 heterocycles. The molecule has 1 aliphatic rings. The number of aromatic hydroxyl groups is 1. The van der Waals surface area contributed by atoms with Crippen LogP contribution < -0.4 is 10.6 Å². The molecule has 180 valence electrons. The van der Waals surface area contributed by atoms with E-state index in [1.807, 2.05) is 24.3 Å². The maximum absolute atomic E-state index is 12.7. The summed E-state index contributed by atoms with van der Waals surface area (Å²) in [7, 11) is 0. The van der Waals surface area contributed by atoms with Crippen LogP contribution in [0.4, 0.5) is 11.5 Å². The van der Waals surface area contributed by atoms with Crippen molar-refractivity contribution in [3.8, 4) is 17.0 Å². The van der Waals surface area contributed by atoms with E-state index in [0.29, 0.717) is 40.8 Å². The fourth-order valence-electron chi connectivity index (χ4n) is 4.70. The fourth-order valence-corrected chi connectivity index (χ4v) is 4.70. The number of fused-ring (bicyclic) bond motifs is 2. The highest BCUT2D eigenvalue weighted by Crippen LogP contribution is 2.37. The van der Waals surface area contributed by atoms with Gasteiger partial charge in [0.25, 0.3) is 0 Å². The number of allylic oxidation sites excluding steroid dienone is 1. The molecule has 0 spiro atoms. The highest BCUT2D eigenvalue weighted by atomic mass is 16.3. The van der Waals surface area contributed by atoms with Gasteiger partial charge in [0.1, 0.15) is 23.6 Å².